The van der Waals surface area contributed by atoms with Crippen molar-refractivity contribution in [3.63, 3.8) is 0 Å². The van der Waals surface area contributed by atoms with Crippen molar-refractivity contribution in [1.29, 1.82) is 0 Å². The molecule has 2 bridgehead atoms. The summed E-state index contributed by atoms with van der Waals surface area (Å²) in [4.78, 5) is 12.9. The van der Waals surface area contributed by atoms with E-state index in [4.69, 9.17) is 0 Å². The van der Waals surface area contributed by atoms with Crippen LogP contribution in [0.25, 0.3) is 0 Å². The highest BCUT2D eigenvalue weighted by molar-refractivity contribution is 7.10. The van der Waals surface area contributed by atoms with E-state index in [2.05, 4.69) is 36.7 Å². The number of carboxylic acid groups (broad SMARTS) is 1. The molecule has 2 aliphatic carbocycles. The number of hydrogen-bond donors (Lipinski definition) is 2. The van der Waals surface area contributed by atoms with Crippen LogP contribution in [-0.4, -0.2) is 17.1 Å². The molecular weight excluding hydrogens is 270 g/mol. The van der Waals surface area contributed by atoms with Gasteiger partial charge < -0.3 is 10.4 Å². The molecule has 2 aliphatic rings. The predicted octanol–water partition coefficient (Wildman–Crippen LogP) is 3.53. The van der Waals surface area contributed by atoms with E-state index in [9.17, 15) is 9.90 Å². The van der Waals surface area contributed by atoms with Crippen LogP contribution in [0.1, 0.15) is 44.0 Å². The van der Waals surface area contributed by atoms with Gasteiger partial charge in [-0.15, -0.1) is 11.3 Å². The minimum Gasteiger partial charge on any atom is -0.481 e. The van der Waals surface area contributed by atoms with E-state index in [-0.39, 0.29) is 18.0 Å². The molecule has 0 amide bonds. The quantitative estimate of drug-likeness (QED) is 0.873. The van der Waals surface area contributed by atoms with Gasteiger partial charge in [0, 0.05) is 17.0 Å². The number of hydrogen-bond acceptors (Lipinski definition) is 3. The molecule has 110 valence electrons. The Balaban J connectivity index is 1.79. The standard InChI is InChI=1S/C16H23NO2S/c1-9(2)14(12-4-3-7-20-12)17-15-11-6-5-10(8-11)13(15)16(18)19/h3-4,7,9-11,13-15,17H,5-6,8H2,1-2H3,(H,18,19). The van der Waals surface area contributed by atoms with Gasteiger partial charge in [0.25, 0.3) is 0 Å². The Labute approximate surface area is 124 Å². The Kier molecular flexibility index (Phi) is 3.87. The fourth-order valence-electron chi connectivity index (χ4n) is 4.17. The largest absolute Gasteiger partial charge is 0.481 e. The lowest BCUT2D eigenvalue weighted by atomic mass is 9.83. The van der Waals surface area contributed by atoms with E-state index in [1.165, 1.54) is 11.3 Å². The van der Waals surface area contributed by atoms with E-state index in [0.29, 0.717) is 17.8 Å². The highest BCUT2D eigenvalue weighted by Gasteiger charge is 2.51. The molecule has 0 aromatic carbocycles. The first-order chi connectivity index (χ1) is 9.58. The molecule has 5 atom stereocenters. The first-order valence-electron chi connectivity index (χ1n) is 7.60. The van der Waals surface area contributed by atoms with E-state index in [0.717, 1.165) is 12.8 Å². The van der Waals surface area contributed by atoms with E-state index >= 15 is 0 Å². The predicted molar refractivity (Wildman–Crippen MR) is 80.8 cm³/mol. The lowest BCUT2D eigenvalue weighted by Crippen LogP contribution is -2.46. The Morgan fingerprint density at radius 1 is 1.40 bits per heavy atom. The fourth-order valence-corrected chi connectivity index (χ4v) is 5.12. The molecule has 4 heteroatoms. The summed E-state index contributed by atoms with van der Waals surface area (Å²) in [6.07, 6.45) is 3.40. The number of aliphatic carboxylic acids is 1. The van der Waals surface area contributed by atoms with Crippen LogP contribution < -0.4 is 5.32 Å². The van der Waals surface area contributed by atoms with Crippen molar-refractivity contribution < 1.29 is 9.90 Å². The molecule has 1 aromatic rings. The van der Waals surface area contributed by atoms with Gasteiger partial charge in [0.15, 0.2) is 0 Å². The molecule has 5 unspecified atom stereocenters. The summed E-state index contributed by atoms with van der Waals surface area (Å²) in [6, 6.07) is 4.67. The van der Waals surface area contributed by atoms with Crippen molar-refractivity contribution in [3.8, 4) is 0 Å². The first-order valence-corrected chi connectivity index (χ1v) is 8.48. The second-order valence-electron chi connectivity index (χ2n) is 6.63. The van der Waals surface area contributed by atoms with Gasteiger partial charge in [-0.25, -0.2) is 0 Å². The average molecular weight is 293 g/mol. The molecule has 2 fully saturated rings. The van der Waals surface area contributed by atoms with Crippen LogP contribution in [0.4, 0.5) is 0 Å². The second-order valence-corrected chi connectivity index (χ2v) is 7.61. The number of carbonyl (C=O) groups is 1. The van der Waals surface area contributed by atoms with Crippen LogP contribution >= 0.6 is 11.3 Å². The van der Waals surface area contributed by atoms with Gasteiger partial charge in [-0.1, -0.05) is 19.9 Å². The van der Waals surface area contributed by atoms with Crippen molar-refractivity contribution in [2.75, 3.05) is 0 Å². The monoisotopic (exact) mass is 293 g/mol. The van der Waals surface area contributed by atoms with Gasteiger partial charge >= 0.3 is 5.97 Å². The van der Waals surface area contributed by atoms with Crippen molar-refractivity contribution in [3.05, 3.63) is 22.4 Å². The molecule has 3 nitrogen and oxygen atoms in total. The topological polar surface area (TPSA) is 49.3 Å². The molecule has 1 aromatic heterocycles. The lowest BCUT2D eigenvalue weighted by Gasteiger charge is -2.34. The first kappa shape index (κ1) is 14.1. The fraction of sp³-hybridized carbons (Fsp3) is 0.688. The van der Waals surface area contributed by atoms with Gasteiger partial charge in [0.2, 0.25) is 0 Å². The van der Waals surface area contributed by atoms with Gasteiger partial charge in [-0.2, -0.15) is 0 Å². The van der Waals surface area contributed by atoms with Gasteiger partial charge in [0.1, 0.15) is 0 Å². The number of nitrogens with one attached hydrogen (secondary N) is 1. The Morgan fingerprint density at radius 3 is 2.75 bits per heavy atom. The zero-order chi connectivity index (χ0) is 14.3. The highest BCUT2D eigenvalue weighted by Crippen LogP contribution is 2.49. The molecular formula is C16H23NO2S. The highest BCUT2D eigenvalue weighted by atomic mass is 32.1. The third kappa shape index (κ3) is 2.40. The van der Waals surface area contributed by atoms with Crippen LogP contribution in [-0.2, 0) is 4.79 Å². The van der Waals surface area contributed by atoms with Crippen molar-refractivity contribution in [1.82, 2.24) is 5.32 Å². The molecule has 20 heavy (non-hydrogen) atoms. The number of rotatable bonds is 5. The maximum atomic E-state index is 11.6. The summed E-state index contributed by atoms with van der Waals surface area (Å²) >= 11 is 1.76. The van der Waals surface area contributed by atoms with Crippen LogP contribution in [0, 0.1) is 23.7 Å². The SMILES string of the molecule is CC(C)C(NC1C2CCC(C2)C1C(=O)O)c1cccs1. The maximum absolute atomic E-state index is 11.6. The summed E-state index contributed by atoms with van der Waals surface area (Å²) in [6.45, 7) is 4.42. The molecule has 0 aliphatic heterocycles. The Hall–Kier alpha value is -0.870. The summed E-state index contributed by atoms with van der Waals surface area (Å²) < 4.78 is 0. The summed E-state index contributed by atoms with van der Waals surface area (Å²) in [5, 5.41) is 15.4. The van der Waals surface area contributed by atoms with Crippen molar-refractivity contribution in [2.24, 2.45) is 23.7 Å². The minimum absolute atomic E-state index is 0.153. The Bertz CT molecular complexity index is 471. The summed E-state index contributed by atoms with van der Waals surface area (Å²) in [7, 11) is 0. The van der Waals surface area contributed by atoms with E-state index in [1.807, 2.05) is 0 Å². The smallest absolute Gasteiger partial charge is 0.308 e. The zero-order valence-electron chi connectivity index (χ0n) is 12.1. The van der Waals surface area contributed by atoms with Crippen LogP contribution in [0.3, 0.4) is 0 Å². The van der Waals surface area contributed by atoms with Gasteiger partial charge in [-0.05, 0) is 48.5 Å². The number of thiophene rings is 1. The van der Waals surface area contributed by atoms with Gasteiger partial charge in [0.05, 0.1) is 5.92 Å². The van der Waals surface area contributed by atoms with Crippen LogP contribution in [0.15, 0.2) is 17.5 Å². The summed E-state index contributed by atoms with van der Waals surface area (Å²) in [5.41, 5.74) is 0. The number of carboxylic acids is 1. The van der Waals surface area contributed by atoms with Crippen molar-refractivity contribution in [2.45, 2.75) is 45.2 Å². The average Bonchev–Trinajstić information content (AvgIpc) is 3.10. The van der Waals surface area contributed by atoms with Gasteiger partial charge in [-0.3, -0.25) is 4.79 Å². The van der Waals surface area contributed by atoms with Crippen LogP contribution in [0.2, 0.25) is 0 Å². The molecule has 0 saturated heterocycles. The second kappa shape index (κ2) is 5.49. The molecule has 2 N–H and O–H groups in total. The number of fused-ring (bicyclic) bond motifs is 2. The van der Waals surface area contributed by atoms with E-state index in [1.54, 1.807) is 11.3 Å². The molecule has 2 saturated carbocycles. The lowest BCUT2D eigenvalue weighted by molar-refractivity contribution is -0.144. The summed E-state index contributed by atoms with van der Waals surface area (Å²) in [5.74, 6) is 0.633. The van der Waals surface area contributed by atoms with Crippen molar-refractivity contribution >= 4 is 17.3 Å². The third-order valence-electron chi connectivity index (χ3n) is 5.09. The van der Waals surface area contributed by atoms with E-state index < -0.39 is 5.97 Å². The minimum atomic E-state index is -0.608. The maximum Gasteiger partial charge on any atom is 0.308 e. The third-order valence-corrected chi connectivity index (χ3v) is 6.05. The molecule has 3 rings (SSSR count). The Morgan fingerprint density at radius 2 is 2.15 bits per heavy atom. The van der Waals surface area contributed by atoms with Crippen LogP contribution in [0.5, 0.6) is 0 Å². The molecule has 0 spiro atoms. The zero-order valence-corrected chi connectivity index (χ0v) is 12.9. The normalized spacial score (nSPS) is 33.8. The molecule has 0 radical (unpaired) electrons. The molecule has 1 heterocycles.